The molecule has 0 radical (unpaired) electrons. The van der Waals surface area contributed by atoms with Gasteiger partial charge >= 0.3 is 0 Å². The van der Waals surface area contributed by atoms with Crippen LogP contribution in [0.25, 0.3) is 0 Å². The van der Waals surface area contributed by atoms with Crippen molar-refractivity contribution in [2.75, 3.05) is 26.1 Å². The molecule has 1 aromatic rings. The van der Waals surface area contributed by atoms with Crippen molar-refractivity contribution in [2.45, 2.75) is 26.2 Å². The molecule has 0 aromatic carbocycles. The molecule has 1 aromatic heterocycles. The Morgan fingerprint density at radius 2 is 1.94 bits per heavy atom. The first-order valence-electron chi connectivity index (χ1n) is 5.44. The minimum Gasteiger partial charge on any atom is -0.475 e. The lowest BCUT2D eigenvalue weighted by Crippen LogP contribution is -2.24. The molecular formula is C11H19N3O3. The van der Waals surface area contributed by atoms with Gasteiger partial charge in [-0.15, -0.1) is 0 Å². The largest absolute Gasteiger partial charge is 0.475 e. The van der Waals surface area contributed by atoms with Gasteiger partial charge in [-0.25, -0.2) is 9.97 Å². The van der Waals surface area contributed by atoms with Crippen molar-refractivity contribution in [2.24, 2.45) is 0 Å². The molecule has 0 aliphatic heterocycles. The molecule has 96 valence electrons. The molecular weight excluding hydrogens is 222 g/mol. The fourth-order valence-electron chi connectivity index (χ4n) is 1.19. The molecule has 0 spiro atoms. The lowest BCUT2D eigenvalue weighted by atomic mass is 10.4. The summed E-state index contributed by atoms with van der Waals surface area (Å²) in [5.41, 5.74) is 0. The first-order valence-corrected chi connectivity index (χ1v) is 5.44. The summed E-state index contributed by atoms with van der Waals surface area (Å²) in [6.07, 6.45) is 1.23. The van der Waals surface area contributed by atoms with Gasteiger partial charge in [-0.1, -0.05) is 0 Å². The van der Waals surface area contributed by atoms with Crippen LogP contribution in [0.15, 0.2) is 12.4 Å². The monoisotopic (exact) mass is 241 g/mol. The van der Waals surface area contributed by atoms with Crippen molar-refractivity contribution in [1.82, 2.24) is 9.97 Å². The van der Waals surface area contributed by atoms with Gasteiger partial charge in [0.1, 0.15) is 12.1 Å². The third-order valence-corrected chi connectivity index (χ3v) is 1.97. The maximum atomic E-state index is 5.46. The molecule has 17 heavy (non-hydrogen) atoms. The van der Waals surface area contributed by atoms with Crippen LogP contribution in [-0.2, 0) is 9.47 Å². The highest BCUT2D eigenvalue weighted by Crippen LogP contribution is 2.12. The number of rotatable bonds is 7. The van der Waals surface area contributed by atoms with E-state index in [-0.39, 0.29) is 12.4 Å². The topological polar surface area (TPSA) is 65.5 Å². The van der Waals surface area contributed by atoms with E-state index >= 15 is 0 Å². The van der Waals surface area contributed by atoms with Crippen LogP contribution in [0.2, 0.25) is 0 Å². The third kappa shape index (κ3) is 4.97. The summed E-state index contributed by atoms with van der Waals surface area (Å²) in [4.78, 5) is 8.09. The summed E-state index contributed by atoms with van der Waals surface area (Å²) in [7, 11) is 3.17. The summed E-state index contributed by atoms with van der Waals surface area (Å²) in [5.74, 6) is 1.22. The van der Waals surface area contributed by atoms with Crippen molar-refractivity contribution in [3.05, 3.63) is 12.4 Å². The lowest BCUT2D eigenvalue weighted by molar-refractivity contribution is -0.0914. The van der Waals surface area contributed by atoms with Gasteiger partial charge in [0, 0.05) is 20.3 Å². The molecule has 0 amide bonds. The average Bonchev–Trinajstić information content (AvgIpc) is 2.30. The van der Waals surface area contributed by atoms with Gasteiger partial charge < -0.3 is 19.5 Å². The lowest BCUT2D eigenvalue weighted by Gasteiger charge is -2.15. The SMILES string of the molecule is COC(CNc1cc(OC(C)C)ncn1)OC. The quantitative estimate of drug-likeness (QED) is 0.726. The zero-order valence-corrected chi connectivity index (χ0v) is 10.6. The summed E-state index contributed by atoms with van der Waals surface area (Å²) < 4.78 is 15.6. The van der Waals surface area contributed by atoms with Crippen LogP contribution in [-0.4, -0.2) is 43.1 Å². The zero-order valence-electron chi connectivity index (χ0n) is 10.6. The number of hydrogen-bond acceptors (Lipinski definition) is 6. The summed E-state index contributed by atoms with van der Waals surface area (Å²) in [6, 6.07) is 1.74. The normalized spacial score (nSPS) is 10.9. The first-order chi connectivity index (χ1) is 8.15. The molecule has 0 atom stereocenters. The van der Waals surface area contributed by atoms with E-state index in [1.165, 1.54) is 6.33 Å². The predicted molar refractivity (Wildman–Crippen MR) is 64.1 cm³/mol. The molecule has 0 aliphatic rings. The molecule has 0 bridgehead atoms. The van der Waals surface area contributed by atoms with E-state index in [1.807, 2.05) is 13.8 Å². The summed E-state index contributed by atoms with van der Waals surface area (Å²) in [6.45, 7) is 4.40. The van der Waals surface area contributed by atoms with Gasteiger partial charge in [0.25, 0.3) is 0 Å². The van der Waals surface area contributed by atoms with Crippen LogP contribution < -0.4 is 10.1 Å². The molecule has 0 saturated heterocycles. The highest BCUT2D eigenvalue weighted by atomic mass is 16.7. The van der Waals surface area contributed by atoms with Crippen LogP contribution in [0, 0.1) is 0 Å². The maximum Gasteiger partial charge on any atom is 0.218 e. The van der Waals surface area contributed by atoms with E-state index in [2.05, 4.69) is 15.3 Å². The molecule has 6 nitrogen and oxygen atoms in total. The average molecular weight is 241 g/mol. The second-order valence-corrected chi connectivity index (χ2v) is 3.69. The van der Waals surface area contributed by atoms with Crippen LogP contribution in [0.4, 0.5) is 5.82 Å². The second kappa shape index (κ2) is 7.03. The molecule has 1 heterocycles. The number of methoxy groups -OCH3 is 2. The van der Waals surface area contributed by atoms with Crippen molar-refractivity contribution >= 4 is 5.82 Å². The van der Waals surface area contributed by atoms with Crippen molar-refractivity contribution in [3.63, 3.8) is 0 Å². The van der Waals surface area contributed by atoms with Crippen molar-refractivity contribution < 1.29 is 14.2 Å². The Morgan fingerprint density at radius 1 is 1.24 bits per heavy atom. The Bertz CT molecular complexity index is 329. The molecule has 0 aliphatic carbocycles. The number of nitrogens with one attached hydrogen (secondary N) is 1. The Hall–Kier alpha value is -1.40. The zero-order chi connectivity index (χ0) is 12.7. The van der Waals surface area contributed by atoms with Crippen LogP contribution in [0.5, 0.6) is 5.88 Å². The standard InChI is InChI=1S/C11H19N3O3/c1-8(2)17-10-5-9(13-7-14-10)12-6-11(15-3)16-4/h5,7-8,11H,6H2,1-4H3,(H,12,13,14). The number of aromatic nitrogens is 2. The molecule has 6 heteroatoms. The minimum atomic E-state index is -0.306. The number of hydrogen-bond donors (Lipinski definition) is 1. The first kappa shape index (κ1) is 13.7. The van der Waals surface area contributed by atoms with Crippen LogP contribution >= 0.6 is 0 Å². The van der Waals surface area contributed by atoms with E-state index in [1.54, 1.807) is 20.3 Å². The Kier molecular flexibility index (Phi) is 5.65. The van der Waals surface area contributed by atoms with Gasteiger partial charge in [0.15, 0.2) is 6.29 Å². The maximum absolute atomic E-state index is 5.46. The molecule has 1 rings (SSSR count). The fraction of sp³-hybridized carbons (Fsp3) is 0.636. The molecule has 0 saturated carbocycles. The van der Waals surface area contributed by atoms with Gasteiger partial charge in [0.05, 0.1) is 12.6 Å². The smallest absolute Gasteiger partial charge is 0.218 e. The fourth-order valence-corrected chi connectivity index (χ4v) is 1.19. The van der Waals surface area contributed by atoms with Crippen molar-refractivity contribution in [1.29, 1.82) is 0 Å². The van der Waals surface area contributed by atoms with E-state index in [4.69, 9.17) is 14.2 Å². The van der Waals surface area contributed by atoms with Crippen LogP contribution in [0.3, 0.4) is 0 Å². The Morgan fingerprint density at radius 3 is 2.53 bits per heavy atom. The second-order valence-electron chi connectivity index (χ2n) is 3.69. The molecule has 0 fully saturated rings. The van der Waals surface area contributed by atoms with Gasteiger partial charge in [0.2, 0.25) is 5.88 Å². The third-order valence-electron chi connectivity index (χ3n) is 1.97. The number of ether oxygens (including phenoxy) is 3. The Balaban J connectivity index is 2.53. The van der Waals surface area contributed by atoms with E-state index in [0.29, 0.717) is 18.2 Å². The van der Waals surface area contributed by atoms with Gasteiger partial charge in [-0.2, -0.15) is 0 Å². The number of nitrogens with zero attached hydrogens (tertiary/aromatic N) is 2. The highest BCUT2D eigenvalue weighted by Gasteiger charge is 2.06. The minimum absolute atomic E-state index is 0.0865. The molecule has 0 unspecified atom stereocenters. The highest BCUT2D eigenvalue weighted by molar-refractivity contribution is 5.37. The van der Waals surface area contributed by atoms with Crippen LogP contribution in [0.1, 0.15) is 13.8 Å². The number of anilines is 1. The Labute approximate surface area is 101 Å². The molecule has 1 N–H and O–H groups in total. The van der Waals surface area contributed by atoms with Gasteiger partial charge in [-0.3, -0.25) is 0 Å². The summed E-state index contributed by atoms with van der Waals surface area (Å²) >= 11 is 0. The predicted octanol–water partition coefficient (Wildman–Crippen LogP) is 1.29. The summed E-state index contributed by atoms with van der Waals surface area (Å²) in [5, 5.41) is 3.08. The van der Waals surface area contributed by atoms with Gasteiger partial charge in [-0.05, 0) is 13.8 Å². The van der Waals surface area contributed by atoms with E-state index in [9.17, 15) is 0 Å². The van der Waals surface area contributed by atoms with E-state index < -0.39 is 0 Å². The van der Waals surface area contributed by atoms with E-state index in [0.717, 1.165) is 0 Å². The van der Waals surface area contributed by atoms with Crippen molar-refractivity contribution in [3.8, 4) is 5.88 Å².